The van der Waals surface area contributed by atoms with Crippen LogP contribution >= 0.6 is 11.3 Å². The summed E-state index contributed by atoms with van der Waals surface area (Å²) in [6.45, 7) is 4.16. The van der Waals surface area contributed by atoms with E-state index in [1.165, 1.54) is 11.2 Å². The third-order valence-corrected chi connectivity index (χ3v) is 5.47. The second kappa shape index (κ2) is 7.62. The van der Waals surface area contributed by atoms with Crippen molar-refractivity contribution >= 4 is 32.4 Å². The second-order valence-electron chi connectivity index (χ2n) is 4.10. The third-order valence-electron chi connectivity index (χ3n) is 2.39. The van der Waals surface area contributed by atoms with Crippen LogP contribution in [0.5, 0.6) is 0 Å². The first-order valence-corrected chi connectivity index (χ1v) is 8.48. The molecule has 1 aromatic heterocycles. The summed E-state index contributed by atoms with van der Waals surface area (Å²) < 4.78 is 26.0. The fourth-order valence-electron chi connectivity index (χ4n) is 1.46. The van der Waals surface area contributed by atoms with Gasteiger partial charge in [0.2, 0.25) is 15.4 Å². The molecule has 8 nitrogen and oxygen atoms in total. The van der Waals surface area contributed by atoms with Crippen molar-refractivity contribution in [3.05, 3.63) is 0 Å². The lowest BCUT2D eigenvalue weighted by atomic mass is 10.3. The highest BCUT2D eigenvalue weighted by Crippen LogP contribution is 2.23. The summed E-state index contributed by atoms with van der Waals surface area (Å²) in [4.78, 5) is 10.9. The van der Waals surface area contributed by atoms with Gasteiger partial charge in [-0.3, -0.25) is 4.79 Å². The molecule has 0 saturated heterocycles. The van der Waals surface area contributed by atoms with Crippen molar-refractivity contribution in [3.63, 3.8) is 0 Å². The van der Waals surface area contributed by atoms with E-state index in [0.717, 1.165) is 24.2 Å². The topological polar surface area (TPSA) is 118 Å². The molecule has 0 aliphatic rings. The number of carbonyl (C=O) groups excluding carboxylic acids is 1. The molecule has 0 aliphatic heterocycles. The SMILES string of the molecule is CCCCN(CCN)S(=O)(=O)c1nnc(NC(C)=O)s1. The van der Waals surface area contributed by atoms with Crippen molar-refractivity contribution in [1.82, 2.24) is 14.5 Å². The smallest absolute Gasteiger partial charge is 0.272 e. The Balaban J connectivity index is 2.94. The Kier molecular flexibility index (Phi) is 6.46. The van der Waals surface area contributed by atoms with Crippen molar-refractivity contribution in [2.45, 2.75) is 31.0 Å². The number of aromatic nitrogens is 2. The van der Waals surface area contributed by atoms with Gasteiger partial charge < -0.3 is 11.1 Å². The van der Waals surface area contributed by atoms with Gasteiger partial charge in [0.1, 0.15) is 0 Å². The molecule has 0 atom stereocenters. The van der Waals surface area contributed by atoms with Gasteiger partial charge in [-0.1, -0.05) is 24.7 Å². The van der Waals surface area contributed by atoms with Crippen LogP contribution in [0.1, 0.15) is 26.7 Å². The van der Waals surface area contributed by atoms with Crippen LogP contribution in [-0.4, -0.2) is 48.5 Å². The van der Waals surface area contributed by atoms with Gasteiger partial charge in [-0.15, -0.1) is 10.2 Å². The van der Waals surface area contributed by atoms with Crippen molar-refractivity contribution in [2.75, 3.05) is 25.0 Å². The Morgan fingerprint density at radius 1 is 1.40 bits per heavy atom. The average molecular weight is 321 g/mol. The first-order chi connectivity index (χ1) is 9.41. The van der Waals surface area contributed by atoms with Gasteiger partial charge in [0.05, 0.1) is 0 Å². The lowest BCUT2D eigenvalue weighted by molar-refractivity contribution is -0.114. The van der Waals surface area contributed by atoms with Crippen molar-refractivity contribution in [3.8, 4) is 0 Å². The summed E-state index contributed by atoms with van der Waals surface area (Å²) in [6.07, 6.45) is 1.63. The molecule has 0 fully saturated rings. The molecule has 1 rings (SSSR count). The van der Waals surface area contributed by atoms with Gasteiger partial charge in [-0.25, -0.2) is 8.42 Å². The summed E-state index contributed by atoms with van der Waals surface area (Å²) in [5, 5.41) is 9.86. The molecular weight excluding hydrogens is 302 g/mol. The van der Waals surface area contributed by atoms with Crippen LogP contribution in [0, 0.1) is 0 Å². The number of unbranched alkanes of at least 4 members (excludes halogenated alkanes) is 1. The largest absolute Gasteiger partial charge is 0.329 e. The van der Waals surface area contributed by atoms with Crippen LogP contribution in [0.3, 0.4) is 0 Å². The summed E-state index contributed by atoms with van der Waals surface area (Å²) in [6, 6.07) is 0. The van der Waals surface area contributed by atoms with Gasteiger partial charge in [-0.05, 0) is 6.42 Å². The van der Waals surface area contributed by atoms with Crippen LogP contribution in [0.2, 0.25) is 0 Å². The first kappa shape index (κ1) is 17.0. The van der Waals surface area contributed by atoms with E-state index in [2.05, 4.69) is 15.5 Å². The quantitative estimate of drug-likeness (QED) is 0.662. The average Bonchev–Trinajstić information content (AvgIpc) is 2.82. The minimum Gasteiger partial charge on any atom is -0.329 e. The molecule has 20 heavy (non-hydrogen) atoms. The van der Waals surface area contributed by atoms with E-state index in [-0.39, 0.29) is 28.5 Å². The van der Waals surface area contributed by atoms with Gasteiger partial charge in [0.25, 0.3) is 10.0 Å². The molecule has 0 spiro atoms. The summed E-state index contributed by atoms with van der Waals surface area (Å²) in [5.74, 6) is -0.324. The number of anilines is 1. The number of amides is 1. The lowest BCUT2D eigenvalue weighted by Crippen LogP contribution is -2.36. The zero-order valence-electron chi connectivity index (χ0n) is 11.5. The number of hydrogen-bond acceptors (Lipinski definition) is 7. The molecule has 0 bridgehead atoms. The maximum Gasteiger partial charge on any atom is 0.272 e. The predicted octanol–water partition coefficient (Wildman–Crippen LogP) is 0.246. The molecule has 10 heteroatoms. The van der Waals surface area contributed by atoms with Crippen molar-refractivity contribution < 1.29 is 13.2 Å². The number of sulfonamides is 1. The molecule has 0 aliphatic carbocycles. The Hall–Kier alpha value is -1.10. The van der Waals surface area contributed by atoms with Crippen LogP contribution in [-0.2, 0) is 14.8 Å². The fourth-order valence-corrected chi connectivity index (χ4v) is 4.03. The van der Waals surface area contributed by atoms with E-state index in [0.29, 0.717) is 6.54 Å². The summed E-state index contributed by atoms with van der Waals surface area (Å²) >= 11 is 0.831. The minimum absolute atomic E-state index is 0.134. The molecule has 0 saturated carbocycles. The first-order valence-electron chi connectivity index (χ1n) is 6.23. The van der Waals surface area contributed by atoms with E-state index in [4.69, 9.17) is 5.73 Å². The highest BCUT2D eigenvalue weighted by atomic mass is 32.2. The lowest BCUT2D eigenvalue weighted by Gasteiger charge is -2.19. The molecule has 0 radical (unpaired) electrons. The van der Waals surface area contributed by atoms with E-state index >= 15 is 0 Å². The Bertz CT molecular complexity index is 543. The maximum absolute atomic E-state index is 12.4. The van der Waals surface area contributed by atoms with Crippen molar-refractivity contribution in [1.29, 1.82) is 0 Å². The van der Waals surface area contributed by atoms with Crippen LogP contribution in [0.25, 0.3) is 0 Å². The maximum atomic E-state index is 12.4. The molecule has 0 aromatic carbocycles. The van der Waals surface area contributed by atoms with Gasteiger partial charge >= 0.3 is 0 Å². The molecule has 114 valence electrons. The normalized spacial score (nSPS) is 11.8. The Morgan fingerprint density at radius 2 is 2.10 bits per heavy atom. The number of nitrogens with zero attached hydrogens (tertiary/aromatic N) is 3. The summed E-state index contributed by atoms with van der Waals surface area (Å²) in [7, 11) is -3.70. The molecule has 1 amide bonds. The van der Waals surface area contributed by atoms with Gasteiger partial charge in [0.15, 0.2) is 0 Å². The molecule has 1 heterocycles. The Labute approximate surface area is 122 Å². The fraction of sp³-hybridized carbons (Fsp3) is 0.700. The number of nitrogens with one attached hydrogen (secondary N) is 1. The van der Waals surface area contributed by atoms with E-state index in [1.807, 2.05) is 6.92 Å². The highest BCUT2D eigenvalue weighted by Gasteiger charge is 2.27. The van der Waals surface area contributed by atoms with Crippen LogP contribution < -0.4 is 11.1 Å². The molecule has 3 N–H and O–H groups in total. The van der Waals surface area contributed by atoms with Crippen molar-refractivity contribution in [2.24, 2.45) is 5.73 Å². The predicted molar refractivity (Wildman–Crippen MR) is 76.9 cm³/mol. The molecule has 1 aromatic rings. The summed E-state index contributed by atoms with van der Waals surface area (Å²) in [5.41, 5.74) is 5.45. The number of hydrogen-bond donors (Lipinski definition) is 2. The number of rotatable bonds is 8. The molecule has 0 unspecified atom stereocenters. The van der Waals surface area contributed by atoms with Gasteiger partial charge in [-0.2, -0.15) is 4.31 Å². The van der Waals surface area contributed by atoms with Gasteiger partial charge in [0, 0.05) is 26.6 Å². The van der Waals surface area contributed by atoms with E-state index in [9.17, 15) is 13.2 Å². The third kappa shape index (κ3) is 4.47. The zero-order valence-corrected chi connectivity index (χ0v) is 13.1. The molecular formula is C10H19N5O3S2. The second-order valence-corrected chi connectivity index (χ2v) is 7.19. The van der Waals surface area contributed by atoms with Crippen LogP contribution in [0.4, 0.5) is 5.13 Å². The Morgan fingerprint density at radius 3 is 2.65 bits per heavy atom. The zero-order chi connectivity index (χ0) is 15.2. The number of nitrogens with two attached hydrogens (primary N) is 1. The van der Waals surface area contributed by atoms with Crippen LogP contribution in [0.15, 0.2) is 4.34 Å². The minimum atomic E-state index is -3.70. The highest BCUT2D eigenvalue weighted by molar-refractivity contribution is 7.91. The number of carbonyl (C=O) groups is 1. The monoisotopic (exact) mass is 321 g/mol. The standard InChI is InChI=1S/C10H19N5O3S2/c1-3-4-6-15(7-5-11)20(17,18)10-14-13-9(19-10)12-8(2)16/h3-7,11H2,1-2H3,(H,12,13,16). The van der Waals surface area contributed by atoms with E-state index < -0.39 is 10.0 Å². The van der Waals surface area contributed by atoms with E-state index in [1.54, 1.807) is 0 Å².